The highest BCUT2D eigenvalue weighted by Crippen LogP contribution is 2.29. The molecule has 2 aromatic rings. The lowest BCUT2D eigenvalue weighted by Crippen LogP contribution is -2.48. The maximum absolute atomic E-state index is 13.3. The Labute approximate surface area is 195 Å². The first-order valence-corrected chi connectivity index (χ1v) is 11.8. The maximum atomic E-state index is 13.3. The van der Waals surface area contributed by atoms with Gasteiger partial charge in [0.25, 0.3) is 5.91 Å². The number of ether oxygens (including phenoxy) is 2. The Balaban J connectivity index is 1.35. The van der Waals surface area contributed by atoms with Crippen LogP contribution in [-0.4, -0.2) is 67.1 Å². The molecule has 176 valence electrons. The van der Waals surface area contributed by atoms with Crippen LogP contribution in [-0.2, 0) is 16.1 Å². The Kier molecular flexibility index (Phi) is 7.62. The SMILES string of the molecule is CC[C@@H](C)[C@@H](C(=O)Nc1ccc(OCCN2CCOCC2)cc1)N1Cc2ccccc2C1=O. The third-order valence-electron chi connectivity index (χ3n) is 6.54. The predicted molar refractivity (Wildman–Crippen MR) is 127 cm³/mol. The second-order valence-electron chi connectivity index (χ2n) is 8.74. The fraction of sp³-hybridized carbons (Fsp3) is 0.462. The number of rotatable bonds is 9. The molecule has 0 spiro atoms. The maximum Gasteiger partial charge on any atom is 0.255 e. The minimum Gasteiger partial charge on any atom is -0.492 e. The molecule has 2 amide bonds. The van der Waals surface area contributed by atoms with Gasteiger partial charge in [0, 0.05) is 37.4 Å². The van der Waals surface area contributed by atoms with E-state index in [4.69, 9.17) is 9.47 Å². The Morgan fingerprint density at radius 1 is 1.12 bits per heavy atom. The summed E-state index contributed by atoms with van der Waals surface area (Å²) in [6.45, 7) is 9.44. The number of carbonyl (C=O) groups is 2. The highest BCUT2D eigenvalue weighted by Gasteiger charge is 2.38. The standard InChI is InChI=1S/C26H33N3O4/c1-3-19(2)24(29-18-20-6-4-5-7-23(20)26(29)31)25(30)27-21-8-10-22(11-9-21)33-17-14-28-12-15-32-16-13-28/h4-11,19,24H,3,12-18H2,1-2H3,(H,27,30)/t19-,24+/m1/s1. The van der Waals surface area contributed by atoms with E-state index in [1.165, 1.54) is 0 Å². The molecular formula is C26H33N3O4. The van der Waals surface area contributed by atoms with Crippen molar-refractivity contribution in [2.45, 2.75) is 32.9 Å². The number of fused-ring (bicyclic) bond motifs is 1. The monoisotopic (exact) mass is 451 g/mol. The van der Waals surface area contributed by atoms with Gasteiger partial charge in [0.05, 0.1) is 13.2 Å². The molecule has 0 aromatic heterocycles. The summed E-state index contributed by atoms with van der Waals surface area (Å²) >= 11 is 0. The van der Waals surface area contributed by atoms with Crippen molar-refractivity contribution in [3.8, 4) is 5.75 Å². The zero-order chi connectivity index (χ0) is 23.2. The molecule has 2 atom stereocenters. The molecule has 0 bridgehead atoms. The van der Waals surface area contributed by atoms with Gasteiger partial charge in [-0.05, 0) is 41.8 Å². The van der Waals surface area contributed by atoms with E-state index in [1.807, 2.05) is 62.4 Å². The first-order valence-electron chi connectivity index (χ1n) is 11.8. The molecule has 0 radical (unpaired) electrons. The number of hydrogen-bond acceptors (Lipinski definition) is 5. The second-order valence-corrected chi connectivity index (χ2v) is 8.74. The quantitative estimate of drug-likeness (QED) is 0.633. The summed E-state index contributed by atoms with van der Waals surface area (Å²) < 4.78 is 11.2. The van der Waals surface area contributed by atoms with E-state index in [0.717, 1.165) is 50.6 Å². The molecule has 0 aliphatic carbocycles. The van der Waals surface area contributed by atoms with Gasteiger partial charge in [0.1, 0.15) is 18.4 Å². The largest absolute Gasteiger partial charge is 0.492 e. The predicted octanol–water partition coefficient (Wildman–Crippen LogP) is 3.41. The van der Waals surface area contributed by atoms with Crippen LogP contribution in [0.2, 0.25) is 0 Å². The highest BCUT2D eigenvalue weighted by molar-refractivity contribution is 6.03. The van der Waals surface area contributed by atoms with Crippen LogP contribution < -0.4 is 10.1 Å². The highest BCUT2D eigenvalue weighted by atomic mass is 16.5. The van der Waals surface area contributed by atoms with Crippen LogP contribution in [0.15, 0.2) is 48.5 Å². The summed E-state index contributed by atoms with van der Waals surface area (Å²) in [5.41, 5.74) is 2.36. The average Bonchev–Trinajstić information content (AvgIpc) is 3.17. The molecule has 1 N–H and O–H groups in total. The van der Waals surface area contributed by atoms with Crippen molar-refractivity contribution in [2.24, 2.45) is 5.92 Å². The van der Waals surface area contributed by atoms with Gasteiger partial charge in [0.15, 0.2) is 0 Å². The van der Waals surface area contributed by atoms with Crippen molar-refractivity contribution in [2.75, 3.05) is 44.8 Å². The number of carbonyl (C=O) groups excluding carboxylic acids is 2. The molecule has 1 fully saturated rings. The van der Waals surface area contributed by atoms with Crippen LogP contribution in [0.4, 0.5) is 5.69 Å². The summed E-state index contributed by atoms with van der Waals surface area (Å²) in [6.07, 6.45) is 0.800. The van der Waals surface area contributed by atoms with Crippen LogP contribution in [0, 0.1) is 5.92 Å². The molecule has 2 aliphatic rings. The number of morpholine rings is 1. The average molecular weight is 452 g/mol. The Hall–Kier alpha value is -2.90. The van der Waals surface area contributed by atoms with Crippen molar-refractivity contribution in [1.82, 2.24) is 9.80 Å². The zero-order valence-corrected chi connectivity index (χ0v) is 19.5. The van der Waals surface area contributed by atoms with Crippen LogP contribution >= 0.6 is 0 Å². The number of nitrogens with zero attached hydrogens (tertiary/aromatic N) is 2. The summed E-state index contributed by atoms with van der Waals surface area (Å²) in [6, 6.07) is 14.5. The molecule has 2 heterocycles. The van der Waals surface area contributed by atoms with Crippen LogP contribution in [0.25, 0.3) is 0 Å². The smallest absolute Gasteiger partial charge is 0.255 e. The van der Waals surface area contributed by atoms with Gasteiger partial charge in [-0.25, -0.2) is 0 Å². The van der Waals surface area contributed by atoms with Crippen molar-refractivity contribution in [1.29, 1.82) is 0 Å². The normalized spacial score (nSPS) is 18.0. The number of anilines is 1. The Morgan fingerprint density at radius 3 is 2.55 bits per heavy atom. The van der Waals surface area contributed by atoms with Gasteiger partial charge in [-0.3, -0.25) is 14.5 Å². The number of benzene rings is 2. The van der Waals surface area contributed by atoms with E-state index in [9.17, 15) is 9.59 Å². The van der Waals surface area contributed by atoms with Crippen molar-refractivity contribution in [3.63, 3.8) is 0 Å². The Bertz CT molecular complexity index is 956. The molecule has 1 saturated heterocycles. The van der Waals surface area contributed by atoms with Gasteiger partial charge in [-0.1, -0.05) is 38.5 Å². The van der Waals surface area contributed by atoms with Crippen LogP contribution in [0.5, 0.6) is 5.75 Å². The molecule has 33 heavy (non-hydrogen) atoms. The van der Waals surface area contributed by atoms with Gasteiger partial charge in [-0.15, -0.1) is 0 Å². The van der Waals surface area contributed by atoms with Crippen molar-refractivity contribution in [3.05, 3.63) is 59.7 Å². The third kappa shape index (κ3) is 5.54. The van der Waals surface area contributed by atoms with E-state index < -0.39 is 6.04 Å². The van der Waals surface area contributed by atoms with E-state index in [0.29, 0.717) is 24.4 Å². The summed E-state index contributed by atoms with van der Waals surface area (Å²) in [5.74, 6) is 0.567. The lowest BCUT2D eigenvalue weighted by molar-refractivity contribution is -0.122. The molecule has 0 saturated carbocycles. The lowest BCUT2D eigenvalue weighted by Gasteiger charge is -2.31. The number of hydrogen-bond donors (Lipinski definition) is 1. The summed E-state index contributed by atoms with van der Waals surface area (Å²) in [5, 5.41) is 3.01. The van der Waals surface area contributed by atoms with E-state index in [2.05, 4.69) is 10.2 Å². The Morgan fingerprint density at radius 2 is 1.85 bits per heavy atom. The lowest BCUT2D eigenvalue weighted by atomic mass is 9.96. The van der Waals surface area contributed by atoms with Gasteiger partial charge >= 0.3 is 0 Å². The van der Waals surface area contributed by atoms with E-state index >= 15 is 0 Å². The van der Waals surface area contributed by atoms with E-state index in [1.54, 1.807) is 4.90 Å². The first kappa shape index (κ1) is 23.3. The summed E-state index contributed by atoms with van der Waals surface area (Å²) in [7, 11) is 0. The van der Waals surface area contributed by atoms with Crippen LogP contribution in [0.3, 0.4) is 0 Å². The van der Waals surface area contributed by atoms with Crippen molar-refractivity contribution < 1.29 is 19.1 Å². The molecule has 2 aliphatic heterocycles. The van der Waals surface area contributed by atoms with Crippen LogP contribution in [0.1, 0.15) is 36.2 Å². The first-order chi connectivity index (χ1) is 16.1. The molecular weight excluding hydrogens is 418 g/mol. The topological polar surface area (TPSA) is 71.1 Å². The van der Waals surface area contributed by atoms with Gasteiger partial charge in [-0.2, -0.15) is 0 Å². The number of amides is 2. The van der Waals surface area contributed by atoms with Crippen molar-refractivity contribution >= 4 is 17.5 Å². The molecule has 2 aromatic carbocycles. The number of nitrogens with one attached hydrogen (secondary N) is 1. The molecule has 7 nitrogen and oxygen atoms in total. The zero-order valence-electron chi connectivity index (χ0n) is 19.5. The summed E-state index contributed by atoms with van der Waals surface area (Å²) in [4.78, 5) is 30.3. The fourth-order valence-corrected chi connectivity index (χ4v) is 4.40. The second kappa shape index (κ2) is 10.8. The van der Waals surface area contributed by atoms with Gasteiger partial charge < -0.3 is 19.7 Å². The van der Waals surface area contributed by atoms with Gasteiger partial charge in [0.2, 0.25) is 5.91 Å². The minimum absolute atomic E-state index is 0.0334. The molecule has 4 rings (SSSR count). The fourth-order valence-electron chi connectivity index (χ4n) is 4.40. The van der Waals surface area contributed by atoms with E-state index in [-0.39, 0.29) is 17.7 Å². The third-order valence-corrected chi connectivity index (χ3v) is 6.54. The minimum atomic E-state index is -0.528. The molecule has 0 unspecified atom stereocenters. The molecule has 7 heteroatoms.